The lowest BCUT2D eigenvalue weighted by molar-refractivity contribution is 0.0952. The average molecular weight is 256 g/mol. The van der Waals surface area contributed by atoms with E-state index in [-0.39, 0.29) is 5.91 Å². The molecule has 1 aromatic rings. The molecule has 17 heavy (non-hydrogen) atoms. The Hall–Kier alpha value is -1.26. The Balaban J connectivity index is 2.47. The first-order valence-electron chi connectivity index (χ1n) is 5.48. The maximum atomic E-state index is 11.8. The Morgan fingerprint density at radius 1 is 1.41 bits per heavy atom. The van der Waals surface area contributed by atoms with Gasteiger partial charge in [0, 0.05) is 22.8 Å². The summed E-state index contributed by atoms with van der Waals surface area (Å²) in [6.45, 7) is 1.58. The van der Waals surface area contributed by atoms with Crippen LogP contribution < -0.4 is 11.1 Å². The van der Waals surface area contributed by atoms with Crippen molar-refractivity contribution in [2.75, 3.05) is 32.9 Å². The Labute approximate surface area is 107 Å². The zero-order valence-electron chi connectivity index (χ0n) is 10.2. The van der Waals surface area contributed by atoms with Crippen LogP contribution in [0.25, 0.3) is 0 Å². The molecular weight excluding hydrogens is 238 g/mol. The third kappa shape index (κ3) is 5.06. The van der Waals surface area contributed by atoms with E-state index in [1.165, 1.54) is 0 Å². The van der Waals surface area contributed by atoms with E-state index in [1.807, 2.05) is 14.1 Å². The van der Waals surface area contributed by atoms with E-state index >= 15 is 0 Å². The van der Waals surface area contributed by atoms with E-state index in [4.69, 9.17) is 17.3 Å². The Morgan fingerprint density at radius 2 is 2.12 bits per heavy atom. The molecule has 0 aliphatic heterocycles. The van der Waals surface area contributed by atoms with Crippen LogP contribution in [0.5, 0.6) is 0 Å². The molecule has 0 aromatic heterocycles. The number of benzene rings is 1. The van der Waals surface area contributed by atoms with Gasteiger partial charge in [-0.25, -0.2) is 0 Å². The van der Waals surface area contributed by atoms with Crippen molar-refractivity contribution in [1.29, 1.82) is 0 Å². The van der Waals surface area contributed by atoms with Gasteiger partial charge in [-0.3, -0.25) is 4.79 Å². The summed E-state index contributed by atoms with van der Waals surface area (Å²) in [6.07, 6.45) is 0.911. The van der Waals surface area contributed by atoms with Crippen LogP contribution in [0.2, 0.25) is 5.02 Å². The number of rotatable bonds is 5. The van der Waals surface area contributed by atoms with Gasteiger partial charge in [-0.15, -0.1) is 0 Å². The number of nitrogens with two attached hydrogens (primary N) is 1. The van der Waals surface area contributed by atoms with E-state index in [0.29, 0.717) is 22.8 Å². The minimum Gasteiger partial charge on any atom is -0.399 e. The van der Waals surface area contributed by atoms with Crippen LogP contribution in [0.1, 0.15) is 16.8 Å². The summed E-state index contributed by atoms with van der Waals surface area (Å²) in [6, 6.07) is 4.84. The van der Waals surface area contributed by atoms with Gasteiger partial charge in [-0.1, -0.05) is 11.6 Å². The van der Waals surface area contributed by atoms with E-state index in [0.717, 1.165) is 13.0 Å². The summed E-state index contributed by atoms with van der Waals surface area (Å²) in [7, 11) is 4.00. The molecule has 0 bridgehead atoms. The molecule has 5 heteroatoms. The molecule has 1 rings (SSSR count). The third-order valence-corrected chi connectivity index (χ3v) is 2.47. The van der Waals surface area contributed by atoms with Crippen molar-refractivity contribution in [1.82, 2.24) is 10.2 Å². The second-order valence-electron chi connectivity index (χ2n) is 4.19. The highest BCUT2D eigenvalue weighted by atomic mass is 35.5. The first-order chi connectivity index (χ1) is 7.99. The maximum Gasteiger partial charge on any atom is 0.251 e. The first-order valence-corrected chi connectivity index (χ1v) is 5.86. The topological polar surface area (TPSA) is 58.4 Å². The highest BCUT2D eigenvalue weighted by Crippen LogP contribution is 2.16. The molecule has 3 N–H and O–H groups in total. The van der Waals surface area contributed by atoms with Gasteiger partial charge < -0.3 is 16.0 Å². The highest BCUT2D eigenvalue weighted by Gasteiger charge is 2.06. The van der Waals surface area contributed by atoms with Crippen molar-refractivity contribution in [3.8, 4) is 0 Å². The summed E-state index contributed by atoms with van der Waals surface area (Å²) >= 11 is 5.83. The molecule has 0 atom stereocenters. The van der Waals surface area contributed by atoms with E-state index in [2.05, 4.69) is 10.2 Å². The van der Waals surface area contributed by atoms with Crippen LogP contribution in [0.15, 0.2) is 18.2 Å². The summed E-state index contributed by atoms with van der Waals surface area (Å²) in [4.78, 5) is 13.8. The SMILES string of the molecule is CN(C)CCCNC(=O)c1cc(N)cc(Cl)c1. The van der Waals surface area contributed by atoms with Crippen molar-refractivity contribution in [3.05, 3.63) is 28.8 Å². The lowest BCUT2D eigenvalue weighted by Gasteiger charge is -2.10. The molecule has 0 saturated carbocycles. The second-order valence-corrected chi connectivity index (χ2v) is 4.62. The summed E-state index contributed by atoms with van der Waals surface area (Å²) in [5.41, 5.74) is 6.62. The van der Waals surface area contributed by atoms with Crippen molar-refractivity contribution in [2.45, 2.75) is 6.42 Å². The molecule has 1 aromatic carbocycles. The molecule has 0 heterocycles. The minimum atomic E-state index is -0.141. The molecule has 0 aliphatic carbocycles. The molecule has 0 radical (unpaired) electrons. The van der Waals surface area contributed by atoms with E-state index in [9.17, 15) is 4.79 Å². The largest absolute Gasteiger partial charge is 0.399 e. The summed E-state index contributed by atoms with van der Waals surface area (Å²) in [5, 5.41) is 3.30. The van der Waals surface area contributed by atoms with Gasteiger partial charge in [0.15, 0.2) is 0 Å². The second kappa shape index (κ2) is 6.47. The highest BCUT2D eigenvalue weighted by molar-refractivity contribution is 6.31. The van der Waals surface area contributed by atoms with Crippen LogP contribution in [0, 0.1) is 0 Å². The van der Waals surface area contributed by atoms with Crippen LogP contribution in [0.3, 0.4) is 0 Å². The standard InChI is InChI=1S/C12H18ClN3O/c1-16(2)5-3-4-15-12(17)9-6-10(13)8-11(14)7-9/h6-8H,3-5,14H2,1-2H3,(H,15,17). The van der Waals surface area contributed by atoms with Gasteiger partial charge >= 0.3 is 0 Å². The van der Waals surface area contributed by atoms with Gasteiger partial charge in [0.25, 0.3) is 5.91 Å². The van der Waals surface area contributed by atoms with Crippen molar-refractivity contribution in [3.63, 3.8) is 0 Å². The predicted molar refractivity (Wildman–Crippen MR) is 71.4 cm³/mol. The molecule has 4 nitrogen and oxygen atoms in total. The normalized spacial score (nSPS) is 10.6. The predicted octanol–water partition coefficient (Wildman–Crippen LogP) is 1.60. The smallest absolute Gasteiger partial charge is 0.251 e. The number of nitrogens with one attached hydrogen (secondary N) is 1. The minimum absolute atomic E-state index is 0.141. The van der Waals surface area contributed by atoms with Gasteiger partial charge in [0.2, 0.25) is 0 Å². The number of amides is 1. The fraction of sp³-hybridized carbons (Fsp3) is 0.417. The van der Waals surface area contributed by atoms with Gasteiger partial charge in [0.05, 0.1) is 0 Å². The summed E-state index contributed by atoms with van der Waals surface area (Å²) < 4.78 is 0. The van der Waals surface area contributed by atoms with Gasteiger partial charge in [-0.05, 0) is 45.3 Å². The molecular formula is C12H18ClN3O. The zero-order valence-corrected chi connectivity index (χ0v) is 10.9. The number of hydrogen-bond donors (Lipinski definition) is 2. The van der Waals surface area contributed by atoms with Crippen LogP contribution in [0.4, 0.5) is 5.69 Å². The van der Waals surface area contributed by atoms with Crippen LogP contribution >= 0.6 is 11.6 Å². The Bertz CT molecular complexity index is 373. The molecule has 1 amide bonds. The Morgan fingerprint density at radius 3 is 2.71 bits per heavy atom. The lowest BCUT2D eigenvalue weighted by atomic mass is 10.2. The van der Waals surface area contributed by atoms with Crippen molar-refractivity contribution < 1.29 is 4.79 Å². The fourth-order valence-electron chi connectivity index (χ4n) is 1.44. The molecule has 0 fully saturated rings. The number of nitrogens with zero attached hydrogens (tertiary/aromatic N) is 1. The number of hydrogen-bond acceptors (Lipinski definition) is 3. The average Bonchev–Trinajstić information content (AvgIpc) is 2.22. The molecule has 0 unspecified atom stereocenters. The quantitative estimate of drug-likeness (QED) is 0.621. The number of carbonyl (C=O) groups is 1. The molecule has 94 valence electrons. The maximum absolute atomic E-state index is 11.8. The van der Waals surface area contributed by atoms with Crippen molar-refractivity contribution in [2.24, 2.45) is 0 Å². The van der Waals surface area contributed by atoms with Crippen molar-refractivity contribution >= 4 is 23.2 Å². The first kappa shape index (κ1) is 13.8. The summed E-state index contributed by atoms with van der Waals surface area (Å²) in [5.74, 6) is -0.141. The monoisotopic (exact) mass is 255 g/mol. The third-order valence-electron chi connectivity index (χ3n) is 2.25. The number of nitrogen functional groups attached to an aromatic ring is 1. The van der Waals surface area contributed by atoms with E-state index in [1.54, 1.807) is 18.2 Å². The molecule has 0 spiro atoms. The number of carbonyl (C=O) groups excluding carboxylic acids is 1. The number of halogens is 1. The van der Waals surface area contributed by atoms with E-state index < -0.39 is 0 Å². The fourth-order valence-corrected chi connectivity index (χ4v) is 1.69. The van der Waals surface area contributed by atoms with Gasteiger partial charge in [-0.2, -0.15) is 0 Å². The van der Waals surface area contributed by atoms with Gasteiger partial charge in [0.1, 0.15) is 0 Å². The van der Waals surface area contributed by atoms with Crippen LogP contribution in [-0.2, 0) is 0 Å². The molecule has 0 aliphatic rings. The lowest BCUT2D eigenvalue weighted by Crippen LogP contribution is -2.27. The Kier molecular flexibility index (Phi) is 5.25. The molecule has 0 saturated heterocycles. The number of anilines is 1. The zero-order chi connectivity index (χ0) is 12.8. The van der Waals surface area contributed by atoms with Crippen LogP contribution in [-0.4, -0.2) is 38.0 Å².